The highest BCUT2D eigenvalue weighted by Crippen LogP contribution is 2.08. The standard InChI is InChI=1S/C13H15N3O/c1-10-5-13(16-9-15-10)14-7-11-3-2-4-12(6-11)8-17/h2-6,9,17H,7-8H2,1H3,(H,14,15,16). The summed E-state index contributed by atoms with van der Waals surface area (Å²) in [5.74, 6) is 0.812. The van der Waals surface area contributed by atoms with Gasteiger partial charge in [0.1, 0.15) is 12.1 Å². The number of anilines is 1. The molecule has 0 radical (unpaired) electrons. The van der Waals surface area contributed by atoms with Gasteiger partial charge in [0.05, 0.1) is 6.61 Å². The van der Waals surface area contributed by atoms with E-state index in [0.29, 0.717) is 6.54 Å². The number of aliphatic hydroxyl groups excluding tert-OH is 1. The van der Waals surface area contributed by atoms with Crippen LogP contribution in [0, 0.1) is 6.92 Å². The molecule has 0 amide bonds. The van der Waals surface area contributed by atoms with Gasteiger partial charge in [-0.1, -0.05) is 24.3 Å². The number of aromatic nitrogens is 2. The number of nitrogens with one attached hydrogen (secondary N) is 1. The molecule has 0 bridgehead atoms. The lowest BCUT2D eigenvalue weighted by Gasteiger charge is -2.06. The zero-order valence-electron chi connectivity index (χ0n) is 9.72. The van der Waals surface area contributed by atoms with Crippen molar-refractivity contribution in [3.63, 3.8) is 0 Å². The lowest BCUT2D eigenvalue weighted by Crippen LogP contribution is -2.02. The van der Waals surface area contributed by atoms with E-state index in [1.165, 1.54) is 0 Å². The van der Waals surface area contributed by atoms with Crippen molar-refractivity contribution in [1.82, 2.24) is 9.97 Å². The smallest absolute Gasteiger partial charge is 0.129 e. The van der Waals surface area contributed by atoms with Crippen molar-refractivity contribution in [1.29, 1.82) is 0 Å². The number of hydrogen-bond acceptors (Lipinski definition) is 4. The highest BCUT2D eigenvalue weighted by molar-refractivity contribution is 5.36. The van der Waals surface area contributed by atoms with Crippen LogP contribution in [0.3, 0.4) is 0 Å². The van der Waals surface area contributed by atoms with Crippen molar-refractivity contribution in [2.24, 2.45) is 0 Å². The average Bonchev–Trinajstić information content (AvgIpc) is 2.37. The van der Waals surface area contributed by atoms with Gasteiger partial charge in [-0.15, -0.1) is 0 Å². The molecule has 1 heterocycles. The second-order valence-corrected chi connectivity index (χ2v) is 3.88. The van der Waals surface area contributed by atoms with Crippen molar-refractivity contribution >= 4 is 5.82 Å². The summed E-state index contributed by atoms with van der Waals surface area (Å²) in [4.78, 5) is 8.16. The van der Waals surface area contributed by atoms with Gasteiger partial charge in [-0.3, -0.25) is 0 Å². The van der Waals surface area contributed by atoms with E-state index in [4.69, 9.17) is 5.11 Å². The van der Waals surface area contributed by atoms with Crippen LogP contribution in [0.25, 0.3) is 0 Å². The van der Waals surface area contributed by atoms with Crippen LogP contribution in [0.5, 0.6) is 0 Å². The summed E-state index contributed by atoms with van der Waals surface area (Å²) in [6.45, 7) is 2.68. The second-order valence-electron chi connectivity index (χ2n) is 3.88. The van der Waals surface area contributed by atoms with Gasteiger partial charge in [0.2, 0.25) is 0 Å². The van der Waals surface area contributed by atoms with Crippen LogP contribution in [0.2, 0.25) is 0 Å². The van der Waals surface area contributed by atoms with Crippen LogP contribution in [0.1, 0.15) is 16.8 Å². The fraction of sp³-hybridized carbons (Fsp3) is 0.231. The first-order valence-electron chi connectivity index (χ1n) is 5.49. The minimum atomic E-state index is 0.0699. The normalized spacial score (nSPS) is 10.2. The topological polar surface area (TPSA) is 58.0 Å². The summed E-state index contributed by atoms with van der Waals surface area (Å²) in [6, 6.07) is 9.73. The molecule has 2 rings (SSSR count). The number of hydrogen-bond donors (Lipinski definition) is 2. The summed E-state index contributed by atoms with van der Waals surface area (Å²) in [7, 11) is 0. The van der Waals surface area contributed by atoms with Crippen LogP contribution in [-0.2, 0) is 13.2 Å². The van der Waals surface area contributed by atoms with Crippen LogP contribution < -0.4 is 5.32 Å². The van der Waals surface area contributed by atoms with E-state index in [0.717, 1.165) is 22.6 Å². The Morgan fingerprint density at radius 1 is 1.18 bits per heavy atom. The summed E-state index contributed by atoms with van der Waals surface area (Å²) in [5.41, 5.74) is 2.97. The van der Waals surface area contributed by atoms with Crippen LogP contribution in [0.15, 0.2) is 36.7 Å². The molecule has 4 heteroatoms. The van der Waals surface area contributed by atoms with E-state index >= 15 is 0 Å². The molecule has 17 heavy (non-hydrogen) atoms. The van der Waals surface area contributed by atoms with Gasteiger partial charge in [-0.05, 0) is 18.1 Å². The number of benzene rings is 1. The number of rotatable bonds is 4. The third-order valence-corrected chi connectivity index (χ3v) is 2.45. The second kappa shape index (κ2) is 5.41. The van der Waals surface area contributed by atoms with Crippen molar-refractivity contribution in [2.75, 3.05) is 5.32 Å². The lowest BCUT2D eigenvalue weighted by molar-refractivity contribution is 0.281. The Balaban J connectivity index is 2.02. The first-order chi connectivity index (χ1) is 8.28. The Bertz CT molecular complexity index is 500. The Labute approximate surface area is 100 Å². The van der Waals surface area contributed by atoms with Gasteiger partial charge in [-0.2, -0.15) is 0 Å². The Morgan fingerprint density at radius 2 is 2.00 bits per heavy atom. The largest absolute Gasteiger partial charge is 0.392 e. The van der Waals surface area contributed by atoms with Crippen molar-refractivity contribution in [3.8, 4) is 0 Å². The SMILES string of the molecule is Cc1cc(NCc2cccc(CO)c2)ncn1. The van der Waals surface area contributed by atoms with E-state index in [1.54, 1.807) is 6.33 Å². The summed E-state index contributed by atoms with van der Waals surface area (Å²) in [6.07, 6.45) is 1.54. The number of aliphatic hydroxyl groups is 1. The molecule has 0 fully saturated rings. The van der Waals surface area contributed by atoms with Crippen LogP contribution in [-0.4, -0.2) is 15.1 Å². The Kier molecular flexibility index (Phi) is 3.67. The van der Waals surface area contributed by atoms with Gasteiger partial charge < -0.3 is 10.4 Å². The van der Waals surface area contributed by atoms with Crippen molar-refractivity contribution < 1.29 is 5.11 Å². The lowest BCUT2D eigenvalue weighted by atomic mass is 10.1. The minimum Gasteiger partial charge on any atom is -0.392 e. The molecule has 1 aromatic heterocycles. The highest BCUT2D eigenvalue weighted by Gasteiger charge is 1.97. The predicted octanol–water partition coefficient (Wildman–Crippen LogP) is 1.89. The first-order valence-corrected chi connectivity index (χ1v) is 5.49. The number of nitrogens with zero attached hydrogens (tertiary/aromatic N) is 2. The first kappa shape index (κ1) is 11.5. The molecule has 1 aromatic carbocycles. The van der Waals surface area contributed by atoms with Crippen molar-refractivity contribution in [3.05, 3.63) is 53.5 Å². The average molecular weight is 229 g/mol. The molecule has 88 valence electrons. The fourth-order valence-electron chi connectivity index (χ4n) is 1.58. The van der Waals surface area contributed by atoms with Gasteiger partial charge in [0, 0.05) is 18.3 Å². The maximum absolute atomic E-state index is 9.04. The predicted molar refractivity (Wildman–Crippen MR) is 66.5 cm³/mol. The van der Waals surface area contributed by atoms with E-state index in [9.17, 15) is 0 Å². The van der Waals surface area contributed by atoms with E-state index in [1.807, 2.05) is 37.3 Å². The van der Waals surface area contributed by atoms with Crippen molar-refractivity contribution in [2.45, 2.75) is 20.1 Å². The fourth-order valence-corrected chi connectivity index (χ4v) is 1.58. The van der Waals surface area contributed by atoms with Crippen LogP contribution in [0.4, 0.5) is 5.82 Å². The molecule has 0 spiro atoms. The molecule has 0 aliphatic rings. The Morgan fingerprint density at radius 3 is 2.76 bits per heavy atom. The molecule has 2 aromatic rings. The quantitative estimate of drug-likeness (QED) is 0.840. The zero-order chi connectivity index (χ0) is 12.1. The van der Waals surface area contributed by atoms with Crippen LogP contribution >= 0.6 is 0 Å². The molecule has 0 saturated carbocycles. The molecule has 0 aliphatic heterocycles. The molecular weight excluding hydrogens is 214 g/mol. The summed E-state index contributed by atoms with van der Waals surface area (Å²) < 4.78 is 0. The minimum absolute atomic E-state index is 0.0699. The zero-order valence-corrected chi connectivity index (χ0v) is 9.72. The monoisotopic (exact) mass is 229 g/mol. The number of aryl methyl sites for hydroxylation is 1. The molecule has 0 unspecified atom stereocenters. The maximum Gasteiger partial charge on any atom is 0.129 e. The van der Waals surface area contributed by atoms with E-state index in [-0.39, 0.29) is 6.61 Å². The maximum atomic E-state index is 9.04. The third-order valence-electron chi connectivity index (χ3n) is 2.45. The third kappa shape index (κ3) is 3.26. The van der Waals surface area contributed by atoms with Gasteiger partial charge in [0.25, 0.3) is 0 Å². The van der Waals surface area contributed by atoms with Gasteiger partial charge >= 0.3 is 0 Å². The summed E-state index contributed by atoms with van der Waals surface area (Å²) >= 11 is 0. The molecule has 0 aliphatic carbocycles. The van der Waals surface area contributed by atoms with E-state index < -0.39 is 0 Å². The van der Waals surface area contributed by atoms with Gasteiger partial charge in [0.15, 0.2) is 0 Å². The van der Waals surface area contributed by atoms with E-state index in [2.05, 4.69) is 15.3 Å². The molecule has 2 N–H and O–H groups in total. The Hall–Kier alpha value is -1.94. The molecule has 0 saturated heterocycles. The highest BCUT2D eigenvalue weighted by atomic mass is 16.3. The van der Waals surface area contributed by atoms with Gasteiger partial charge in [-0.25, -0.2) is 9.97 Å². The molecule has 4 nitrogen and oxygen atoms in total. The molecular formula is C13H15N3O. The summed E-state index contributed by atoms with van der Waals surface area (Å²) in [5, 5.41) is 12.3. The molecule has 0 atom stereocenters.